The zero-order valence-electron chi connectivity index (χ0n) is 17.2. The minimum absolute atomic E-state index is 0.147. The second kappa shape index (κ2) is 7.86. The molecular formula is C24H25N5O. The molecule has 0 amide bonds. The number of carbonyl (C=O) groups is 1. The van der Waals surface area contributed by atoms with Crippen molar-refractivity contribution in [2.75, 3.05) is 36.0 Å². The lowest BCUT2D eigenvalue weighted by atomic mass is 9.82. The zero-order chi connectivity index (χ0) is 20.5. The number of hydrogen-bond acceptors (Lipinski definition) is 6. The van der Waals surface area contributed by atoms with Crippen LogP contribution >= 0.6 is 0 Å². The molecule has 0 N–H and O–H groups in total. The van der Waals surface area contributed by atoms with Gasteiger partial charge in [0, 0.05) is 45.0 Å². The van der Waals surface area contributed by atoms with Crippen molar-refractivity contribution in [3.8, 4) is 0 Å². The molecule has 1 saturated heterocycles. The Morgan fingerprint density at radius 2 is 1.67 bits per heavy atom. The van der Waals surface area contributed by atoms with E-state index in [0.717, 1.165) is 50.1 Å². The van der Waals surface area contributed by atoms with E-state index in [2.05, 4.69) is 51.0 Å². The first-order chi connectivity index (χ1) is 14.7. The fourth-order valence-corrected chi connectivity index (χ4v) is 4.34. The maximum Gasteiger partial charge on any atom is 0.225 e. The third-order valence-electron chi connectivity index (χ3n) is 6.11. The fourth-order valence-electron chi connectivity index (χ4n) is 4.34. The number of nitrogens with zero attached hydrogens (tertiary/aromatic N) is 5. The average molecular weight is 399 g/mol. The largest absolute Gasteiger partial charge is 0.353 e. The van der Waals surface area contributed by atoms with Gasteiger partial charge in [0.2, 0.25) is 5.95 Å². The third-order valence-corrected chi connectivity index (χ3v) is 6.11. The lowest BCUT2D eigenvalue weighted by molar-refractivity contribution is 0.0962. The maximum absolute atomic E-state index is 12.7. The summed E-state index contributed by atoms with van der Waals surface area (Å²) in [6.45, 7) is 5.51. The van der Waals surface area contributed by atoms with Crippen LogP contribution in [0.15, 0.2) is 54.9 Å². The highest BCUT2D eigenvalue weighted by molar-refractivity contribution is 5.98. The van der Waals surface area contributed by atoms with Gasteiger partial charge in [-0.2, -0.15) is 0 Å². The van der Waals surface area contributed by atoms with Gasteiger partial charge in [-0.05, 0) is 37.0 Å². The van der Waals surface area contributed by atoms with Crippen LogP contribution in [0, 0.1) is 6.92 Å². The number of aromatic nitrogens is 3. The first-order valence-electron chi connectivity index (χ1n) is 10.5. The number of carbonyl (C=O) groups excluding carboxylic acids is 1. The molecule has 0 bridgehead atoms. The molecule has 0 spiro atoms. The van der Waals surface area contributed by atoms with Crippen molar-refractivity contribution >= 4 is 17.5 Å². The number of piperazine rings is 1. The van der Waals surface area contributed by atoms with Crippen LogP contribution < -0.4 is 9.80 Å². The van der Waals surface area contributed by atoms with Crippen LogP contribution in [-0.4, -0.2) is 46.9 Å². The van der Waals surface area contributed by atoms with Gasteiger partial charge in [0.15, 0.2) is 5.78 Å². The van der Waals surface area contributed by atoms with Gasteiger partial charge in [-0.1, -0.05) is 35.9 Å². The van der Waals surface area contributed by atoms with Crippen molar-refractivity contribution in [1.82, 2.24) is 15.0 Å². The Morgan fingerprint density at radius 3 is 2.40 bits per heavy atom. The van der Waals surface area contributed by atoms with E-state index in [4.69, 9.17) is 4.98 Å². The molecule has 1 aromatic carbocycles. The molecule has 0 radical (unpaired) electrons. The Bertz CT molecular complexity index is 1040. The van der Waals surface area contributed by atoms with Gasteiger partial charge in [0.1, 0.15) is 5.82 Å². The molecule has 3 aromatic rings. The number of pyridine rings is 1. The summed E-state index contributed by atoms with van der Waals surface area (Å²) in [7, 11) is 0. The number of benzene rings is 1. The van der Waals surface area contributed by atoms with Crippen LogP contribution in [0.3, 0.4) is 0 Å². The minimum Gasteiger partial charge on any atom is -0.353 e. The van der Waals surface area contributed by atoms with Crippen LogP contribution in [-0.2, 0) is 6.42 Å². The van der Waals surface area contributed by atoms with E-state index < -0.39 is 0 Å². The second-order valence-electron chi connectivity index (χ2n) is 8.13. The van der Waals surface area contributed by atoms with Gasteiger partial charge in [-0.25, -0.2) is 15.0 Å². The molecule has 1 fully saturated rings. The van der Waals surface area contributed by atoms with Crippen LogP contribution in [0.25, 0.3) is 0 Å². The molecule has 5 rings (SSSR count). The van der Waals surface area contributed by atoms with E-state index in [1.54, 1.807) is 6.20 Å². The molecule has 2 aliphatic rings. The van der Waals surface area contributed by atoms with Crippen molar-refractivity contribution in [3.05, 3.63) is 77.2 Å². The van der Waals surface area contributed by atoms with Crippen molar-refractivity contribution < 1.29 is 4.79 Å². The molecular weight excluding hydrogens is 374 g/mol. The predicted octanol–water partition coefficient (Wildman–Crippen LogP) is 3.42. The number of Topliss-reactive ketones (excluding diaryl/α,β-unsaturated/α-hetero) is 1. The molecule has 152 valence electrons. The number of hydrogen-bond donors (Lipinski definition) is 0. The van der Waals surface area contributed by atoms with Crippen LogP contribution in [0.5, 0.6) is 0 Å². The molecule has 1 atom stereocenters. The van der Waals surface area contributed by atoms with Gasteiger partial charge < -0.3 is 9.80 Å². The SMILES string of the molecule is Cc1ccc([C@H]2CC(=O)c3cnc(N4CCN(c5ccccn5)CC4)nc3C2)cc1. The summed E-state index contributed by atoms with van der Waals surface area (Å²) in [4.78, 5) is 31.0. The highest BCUT2D eigenvalue weighted by Gasteiger charge is 2.29. The monoisotopic (exact) mass is 399 g/mol. The molecule has 1 aliphatic carbocycles. The molecule has 6 heteroatoms. The van der Waals surface area contributed by atoms with E-state index >= 15 is 0 Å². The summed E-state index contributed by atoms with van der Waals surface area (Å²) >= 11 is 0. The lowest BCUT2D eigenvalue weighted by Crippen LogP contribution is -2.47. The van der Waals surface area contributed by atoms with Gasteiger partial charge in [0.25, 0.3) is 0 Å². The molecule has 1 aliphatic heterocycles. The molecule has 0 saturated carbocycles. The Balaban J connectivity index is 1.32. The average Bonchev–Trinajstić information content (AvgIpc) is 2.80. The van der Waals surface area contributed by atoms with Gasteiger partial charge in [0.05, 0.1) is 11.3 Å². The summed E-state index contributed by atoms with van der Waals surface area (Å²) in [6.07, 6.45) is 4.88. The number of rotatable bonds is 3. The quantitative estimate of drug-likeness (QED) is 0.673. The first-order valence-corrected chi connectivity index (χ1v) is 10.5. The standard InChI is InChI=1S/C24H25N5O/c1-17-5-7-18(8-6-17)19-14-21-20(22(30)15-19)16-26-24(27-21)29-12-10-28(11-13-29)23-4-2-3-9-25-23/h2-9,16,19H,10-15H2,1H3/t19-/m1/s1. The Kier molecular flexibility index (Phi) is 4.91. The maximum atomic E-state index is 12.7. The smallest absolute Gasteiger partial charge is 0.225 e. The minimum atomic E-state index is 0.147. The summed E-state index contributed by atoms with van der Waals surface area (Å²) in [6, 6.07) is 14.5. The molecule has 3 heterocycles. The fraction of sp³-hybridized carbons (Fsp3) is 0.333. The highest BCUT2D eigenvalue weighted by atomic mass is 16.1. The summed E-state index contributed by atoms with van der Waals surface area (Å²) in [5.41, 5.74) is 4.02. The third kappa shape index (κ3) is 3.65. The molecule has 6 nitrogen and oxygen atoms in total. The van der Waals surface area contributed by atoms with Crippen molar-refractivity contribution in [1.29, 1.82) is 0 Å². The lowest BCUT2D eigenvalue weighted by Gasteiger charge is -2.35. The van der Waals surface area contributed by atoms with Crippen molar-refractivity contribution in [2.24, 2.45) is 0 Å². The number of fused-ring (bicyclic) bond motifs is 1. The summed E-state index contributed by atoms with van der Waals surface area (Å²) < 4.78 is 0. The second-order valence-corrected chi connectivity index (χ2v) is 8.13. The highest BCUT2D eigenvalue weighted by Crippen LogP contribution is 2.32. The van der Waals surface area contributed by atoms with Crippen LogP contribution in [0.4, 0.5) is 11.8 Å². The van der Waals surface area contributed by atoms with Gasteiger partial charge in [-0.3, -0.25) is 4.79 Å². The topological polar surface area (TPSA) is 62.2 Å². The Labute approximate surface area is 176 Å². The molecule has 0 unspecified atom stereocenters. The Hall–Kier alpha value is -3.28. The van der Waals surface area contributed by atoms with Crippen LogP contribution in [0.1, 0.15) is 39.5 Å². The van der Waals surface area contributed by atoms with E-state index in [0.29, 0.717) is 12.0 Å². The Morgan fingerprint density at radius 1 is 0.900 bits per heavy atom. The number of aryl methyl sites for hydroxylation is 1. The molecule has 30 heavy (non-hydrogen) atoms. The van der Waals surface area contributed by atoms with Gasteiger partial charge >= 0.3 is 0 Å². The van der Waals surface area contributed by atoms with E-state index in [9.17, 15) is 4.79 Å². The predicted molar refractivity (Wildman–Crippen MR) is 117 cm³/mol. The van der Waals surface area contributed by atoms with E-state index in [1.165, 1.54) is 11.1 Å². The summed E-state index contributed by atoms with van der Waals surface area (Å²) in [5, 5.41) is 0. The first kappa shape index (κ1) is 18.7. The van der Waals surface area contributed by atoms with Crippen LogP contribution in [0.2, 0.25) is 0 Å². The van der Waals surface area contributed by atoms with Crippen molar-refractivity contribution in [2.45, 2.75) is 25.7 Å². The van der Waals surface area contributed by atoms with Gasteiger partial charge in [-0.15, -0.1) is 0 Å². The number of anilines is 2. The molecule has 2 aromatic heterocycles. The van der Waals surface area contributed by atoms with E-state index in [-0.39, 0.29) is 11.7 Å². The number of ketones is 1. The zero-order valence-corrected chi connectivity index (χ0v) is 17.2. The normalized spacial score (nSPS) is 19.0. The van der Waals surface area contributed by atoms with E-state index in [1.807, 2.05) is 24.4 Å². The summed E-state index contributed by atoms with van der Waals surface area (Å²) in [5.74, 6) is 2.07. The van der Waals surface area contributed by atoms with Crippen molar-refractivity contribution in [3.63, 3.8) is 0 Å².